The molecule has 91 heavy (non-hydrogen) atoms. The van der Waals surface area contributed by atoms with Gasteiger partial charge in [0, 0.05) is 60.1 Å². The lowest BCUT2D eigenvalue weighted by molar-refractivity contribution is -0.0546. The number of aliphatic hydroxyl groups is 8. The minimum atomic E-state index is -1.74. The molecule has 0 saturated heterocycles. The Morgan fingerprint density at radius 1 is 0.286 bits per heavy atom. The molecule has 0 amide bonds. The van der Waals surface area contributed by atoms with Gasteiger partial charge in [-0.05, 0) is 101 Å². The maximum absolute atomic E-state index is 13.3. The molecule has 0 fully saturated rings. The average molecular weight is 1210 g/mol. The van der Waals surface area contributed by atoms with Gasteiger partial charge in [0.1, 0.15) is 47.0 Å². The van der Waals surface area contributed by atoms with Gasteiger partial charge in [0.25, 0.3) is 0 Å². The van der Waals surface area contributed by atoms with Crippen molar-refractivity contribution >= 4 is 0 Å². The fourth-order valence-corrected chi connectivity index (χ4v) is 10.9. The third-order valence-electron chi connectivity index (χ3n) is 15.9. The summed E-state index contributed by atoms with van der Waals surface area (Å²) in [6.45, 7) is 3.90. The Morgan fingerprint density at radius 3 is 0.989 bits per heavy atom. The predicted octanol–water partition coefficient (Wildman–Crippen LogP) is 13.0. The highest BCUT2D eigenvalue weighted by atomic mass is 19.1. The van der Waals surface area contributed by atoms with Crippen LogP contribution in [0.5, 0.6) is 0 Å². The number of hydrogen-bond donors (Lipinski definition) is 8. The van der Waals surface area contributed by atoms with Crippen molar-refractivity contribution < 1.29 is 45.2 Å². The number of aliphatic hydroxyl groups excluding tert-OH is 4. The first-order valence-electron chi connectivity index (χ1n) is 29.5. The minimum Gasteiger partial charge on any atom is -0.385 e. The summed E-state index contributed by atoms with van der Waals surface area (Å²) in [5.41, 5.74) is 2.33. The van der Waals surface area contributed by atoms with E-state index in [0.717, 1.165) is 11.1 Å². The molecule has 0 saturated carbocycles. The predicted molar refractivity (Wildman–Crippen MR) is 350 cm³/mol. The Balaban J connectivity index is 0.000000144. The molecule has 0 aliphatic carbocycles. The highest BCUT2D eigenvalue weighted by Crippen LogP contribution is 2.44. The smallest absolute Gasteiger partial charge is 0.161 e. The van der Waals surface area contributed by atoms with Crippen LogP contribution in [-0.4, -0.2) is 60.8 Å². The van der Waals surface area contributed by atoms with Gasteiger partial charge >= 0.3 is 0 Å². The molecule has 8 N–H and O–H groups in total. The Bertz CT molecular complexity index is 3840. The highest BCUT2D eigenvalue weighted by Gasteiger charge is 2.44. The second-order valence-corrected chi connectivity index (χ2v) is 21.9. The maximum atomic E-state index is 13.3. The van der Waals surface area contributed by atoms with Crippen LogP contribution in [0, 0.1) is 19.7 Å². The van der Waals surface area contributed by atoms with E-state index in [2.05, 4.69) is 19.9 Å². The van der Waals surface area contributed by atoms with E-state index in [4.69, 9.17) is 0 Å². The quantitative estimate of drug-likeness (QED) is 0.0454. The van der Waals surface area contributed by atoms with Crippen molar-refractivity contribution in [1.29, 1.82) is 0 Å². The van der Waals surface area contributed by atoms with Crippen molar-refractivity contribution in [3.63, 3.8) is 0 Å². The Morgan fingerprint density at radius 2 is 0.615 bits per heavy atom. The third kappa shape index (κ3) is 15.0. The number of aromatic nitrogens is 4. The molecule has 0 aliphatic rings. The lowest BCUT2D eigenvalue weighted by Crippen LogP contribution is -2.35. The van der Waals surface area contributed by atoms with Crippen LogP contribution < -0.4 is 0 Å². The van der Waals surface area contributed by atoms with Gasteiger partial charge in [0.15, 0.2) is 5.60 Å². The summed E-state index contributed by atoms with van der Waals surface area (Å²) in [7, 11) is 0. The van der Waals surface area contributed by atoms with Crippen LogP contribution in [0.4, 0.5) is 4.39 Å². The second kappa shape index (κ2) is 30.5. The largest absolute Gasteiger partial charge is 0.385 e. The van der Waals surface area contributed by atoms with Crippen LogP contribution in [0.2, 0.25) is 0 Å². The minimum absolute atomic E-state index is 0.394. The zero-order valence-electron chi connectivity index (χ0n) is 50.2. The van der Waals surface area contributed by atoms with Gasteiger partial charge in [0.2, 0.25) is 0 Å². The van der Waals surface area contributed by atoms with Gasteiger partial charge in [-0.1, -0.05) is 248 Å². The highest BCUT2D eigenvalue weighted by molar-refractivity contribution is 5.44. The molecule has 8 aromatic carbocycles. The van der Waals surface area contributed by atoms with E-state index < -0.39 is 52.6 Å². The lowest BCUT2D eigenvalue weighted by Gasteiger charge is -2.34. The molecule has 12 nitrogen and oxygen atoms in total. The number of rotatable bonds is 16. The van der Waals surface area contributed by atoms with E-state index in [1.54, 1.807) is 146 Å². The number of hydrogen-bond acceptors (Lipinski definition) is 12. The zero-order valence-corrected chi connectivity index (χ0v) is 50.2. The molecule has 458 valence electrons. The van der Waals surface area contributed by atoms with Crippen LogP contribution in [0.1, 0.15) is 102 Å². The molecule has 12 rings (SSSR count). The number of nitrogens with zero attached hydrogens (tertiary/aromatic N) is 4. The van der Waals surface area contributed by atoms with Crippen LogP contribution >= 0.6 is 0 Å². The van der Waals surface area contributed by atoms with Crippen LogP contribution in [0.25, 0.3) is 0 Å². The van der Waals surface area contributed by atoms with Crippen molar-refractivity contribution in [3.8, 4) is 0 Å². The summed E-state index contributed by atoms with van der Waals surface area (Å²) in [6, 6.07) is 81.8. The van der Waals surface area contributed by atoms with Crippen LogP contribution in [0.3, 0.4) is 0 Å². The maximum Gasteiger partial charge on any atom is 0.161 e. The molecule has 4 aromatic heterocycles. The molecule has 4 heterocycles. The number of aryl methyl sites for hydroxylation is 2. The first-order chi connectivity index (χ1) is 44.1. The normalized spacial score (nSPS) is 14.9. The molecule has 13 heteroatoms. The van der Waals surface area contributed by atoms with Gasteiger partial charge in [-0.3, -0.25) is 19.9 Å². The summed E-state index contributed by atoms with van der Waals surface area (Å²) in [4.78, 5) is 16.5. The van der Waals surface area contributed by atoms with Crippen molar-refractivity contribution in [1.82, 2.24) is 19.9 Å². The van der Waals surface area contributed by atoms with Gasteiger partial charge in [0.05, 0.1) is 5.69 Å². The Hall–Kier alpha value is -10.0. The van der Waals surface area contributed by atoms with Crippen LogP contribution in [0.15, 0.2) is 322 Å². The summed E-state index contributed by atoms with van der Waals surface area (Å²) < 4.78 is 13.3. The second-order valence-electron chi connectivity index (χ2n) is 21.9. The van der Waals surface area contributed by atoms with Crippen molar-refractivity contribution in [2.75, 3.05) is 0 Å². The van der Waals surface area contributed by atoms with E-state index in [1.807, 2.05) is 159 Å². The Kier molecular flexibility index (Phi) is 21.9. The zero-order chi connectivity index (χ0) is 64.3. The molecular weight excluding hydrogens is 1140 g/mol. The van der Waals surface area contributed by atoms with Gasteiger partial charge in [-0.15, -0.1) is 0 Å². The first-order valence-corrected chi connectivity index (χ1v) is 29.5. The average Bonchev–Trinajstić information content (AvgIpc) is 0.843. The summed E-state index contributed by atoms with van der Waals surface area (Å²) in [5.74, 6) is -0.405. The summed E-state index contributed by atoms with van der Waals surface area (Å²) >= 11 is 0. The Labute approximate surface area is 529 Å². The monoisotopic (exact) mass is 1210 g/mol. The third-order valence-corrected chi connectivity index (χ3v) is 15.9. The summed E-state index contributed by atoms with van der Waals surface area (Å²) in [6.07, 6.45) is 6.62. The van der Waals surface area contributed by atoms with E-state index in [9.17, 15) is 45.2 Å². The van der Waals surface area contributed by atoms with Gasteiger partial charge in [-0.25, -0.2) is 4.39 Å². The van der Waals surface area contributed by atoms with Gasteiger partial charge in [-0.2, -0.15) is 0 Å². The van der Waals surface area contributed by atoms with E-state index in [1.165, 1.54) is 30.5 Å². The molecule has 12 aromatic rings. The SMILES string of the molecule is Cc1ccc(C(O)C(O)(c2ccccc2)c2cccnc2)cc1.Cc1cccc(C(O)C(O)(c2ccc(F)cc2)c2cccnc2)c1.OC(c1ccccc1)C(O)(c1ccccc1)c1ccccn1.OC(c1ccccc1)C(O)(c1ccccc1)c1cccnc1. The van der Waals surface area contributed by atoms with Gasteiger partial charge < -0.3 is 40.9 Å². The van der Waals surface area contributed by atoms with E-state index in [-0.39, 0.29) is 0 Å². The molecule has 0 radical (unpaired) electrons. The lowest BCUT2D eigenvalue weighted by atomic mass is 9.79. The molecular formula is C78H71FN4O8. The molecule has 8 unspecified atom stereocenters. The number of pyridine rings is 4. The molecule has 8 atom stereocenters. The molecule has 0 spiro atoms. The summed E-state index contributed by atoms with van der Waals surface area (Å²) in [5, 5.41) is 89.3. The fraction of sp³-hybridized carbons (Fsp3) is 0.128. The topological polar surface area (TPSA) is 213 Å². The van der Waals surface area contributed by atoms with Crippen molar-refractivity contribution in [3.05, 3.63) is 406 Å². The fourth-order valence-electron chi connectivity index (χ4n) is 10.9. The standard InChI is InChI=1S/C20H18FNO2.C20H19NO2.2C19H17NO2/c1-14-4-2-5-15(12-14)19(23)20(24,17-6-3-11-22-13-17)16-7-9-18(21)10-8-16;1-15-9-11-16(12-10-15)19(22)20(23,17-6-3-2-4-7-17)18-8-5-13-21-14-18;21-18(15-9-3-1-4-10-15)19(22,16-11-5-2-6-12-16)17-13-7-8-14-20-17;21-18(15-8-3-1-4-9-15)19(22,16-10-5-2-6-11-16)17-12-7-13-20-14-17/h2-13,19,23-24H,1H3;2-14,19,22-23H,1H3;2*1-14,18,21-22H. The van der Waals surface area contributed by atoms with Crippen molar-refractivity contribution in [2.45, 2.75) is 60.7 Å². The first kappa shape index (κ1) is 65.4. The molecule has 0 aliphatic heterocycles. The van der Waals surface area contributed by atoms with Crippen LogP contribution in [-0.2, 0) is 22.4 Å². The number of benzene rings is 8. The van der Waals surface area contributed by atoms with E-state index >= 15 is 0 Å². The number of halogens is 1. The van der Waals surface area contributed by atoms with E-state index in [0.29, 0.717) is 66.9 Å². The molecule has 0 bridgehead atoms. The van der Waals surface area contributed by atoms with Crippen molar-refractivity contribution in [2.24, 2.45) is 0 Å².